The van der Waals surface area contributed by atoms with Crippen LogP contribution in [0.5, 0.6) is 0 Å². The highest BCUT2D eigenvalue weighted by molar-refractivity contribution is 5.97. The van der Waals surface area contributed by atoms with E-state index in [1.807, 2.05) is 11.0 Å². The van der Waals surface area contributed by atoms with Gasteiger partial charge in [0, 0.05) is 30.6 Å². The van der Waals surface area contributed by atoms with E-state index in [1.54, 1.807) is 31.2 Å². The number of hydrogen-bond acceptors (Lipinski definition) is 9. The number of halogens is 3. The molecule has 0 aliphatic heterocycles. The van der Waals surface area contributed by atoms with Gasteiger partial charge in [0.05, 0.1) is 17.4 Å². The Kier molecular flexibility index (Phi) is 14.7. The summed E-state index contributed by atoms with van der Waals surface area (Å²) in [6.45, 7) is 2.26. The van der Waals surface area contributed by atoms with Crippen molar-refractivity contribution in [2.45, 2.75) is 57.4 Å². The number of aromatic nitrogens is 2. The quantitative estimate of drug-likeness (QED) is 0.111. The number of carbonyl (C=O) groups is 6. The van der Waals surface area contributed by atoms with Crippen LogP contribution in [0.3, 0.4) is 0 Å². The number of nitrogens with one attached hydrogen (secondary N) is 3. The average Bonchev–Trinajstić information content (AvgIpc) is 3.04. The first-order valence-electron chi connectivity index (χ1n) is 14.7. The van der Waals surface area contributed by atoms with Crippen molar-refractivity contribution in [3.05, 3.63) is 69.8 Å². The molecular formula is C32H32F3N5O11. The van der Waals surface area contributed by atoms with Crippen LogP contribution in [-0.2, 0) is 30.5 Å². The highest BCUT2D eigenvalue weighted by Crippen LogP contribution is 2.20. The summed E-state index contributed by atoms with van der Waals surface area (Å²) < 4.78 is 31.7. The van der Waals surface area contributed by atoms with Crippen LogP contribution < -0.4 is 21.1 Å². The summed E-state index contributed by atoms with van der Waals surface area (Å²) in [6.07, 6.45) is -1.10. The molecular weight excluding hydrogens is 687 g/mol. The summed E-state index contributed by atoms with van der Waals surface area (Å²) in [5.41, 5.74) is 1.92. The number of aliphatic carboxylic acids is 4. The van der Waals surface area contributed by atoms with Gasteiger partial charge in [-0.3, -0.25) is 19.2 Å². The molecule has 2 amide bonds. The number of benzene rings is 2. The average molecular weight is 720 g/mol. The summed E-state index contributed by atoms with van der Waals surface area (Å²) in [6, 6.07) is 8.65. The van der Waals surface area contributed by atoms with Crippen molar-refractivity contribution in [2.75, 3.05) is 11.4 Å². The monoisotopic (exact) mass is 719 g/mol. The molecule has 0 unspecified atom stereocenters. The van der Waals surface area contributed by atoms with Crippen molar-refractivity contribution in [1.29, 1.82) is 0 Å². The number of anilines is 1. The Labute approximate surface area is 286 Å². The van der Waals surface area contributed by atoms with Gasteiger partial charge in [-0.1, -0.05) is 12.0 Å². The summed E-state index contributed by atoms with van der Waals surface area (Å²) >= 11 is 0. The molecule has 2 aromatic carbocycles. The highest BCUT2D eigenvalue weighted by Gasteiger charge is 2.38. The van der Waals surface area contributed by atoms with Gasteiger partial charge in [-0.25, -0.2) is 19.4 Å². The molecule has 1 aromatic heterocycles. The Morgan fingerprint density at radius 1 is 0.922 bits per heavy atom. The number of aryl methyl sites for hydroxylation is 1. The zero-order valence-electron chi connectivity index (χ0n) is 26.7. The van der Waals surface area contributed by atoms with Crippen LogP contribution in [0.15, 0.2) is 47.3 Å². The van der Waals surface area contributed by atoms with Crippen LogP contribution in [-0.4, -0.2) is 90.9 Å². The lowest BCUT2D eigenvalue weighted by atomic mass is 10.1. The van der Waals surface area contributed by atoms with E-state index in [0.717, 1.165) is 5.56 Å². The van der Waals surface area contributed by atoms with Gasteiger partial charge in [-0.05, 0) is 61.7 Å². The predicted molar refractivity (Wildman–Crippen MR) is 172 cm³/mol. The third-order valence-electron chi connectivity index (χ3n) is 6.82. The zero-order valence-corrected chi connectivity index (χ0v) is 26.7. The van der Waals surface area contributed by atoms with E-state index in [4.69, 9.17) is 21.4 Å². The highest BCUT2D eigenvalue weighted by atomic mass is 19.4. The van der Waals surface area contributed by atoms with E-state index in [0.29, 0.717) is 29.0 Å². The number of amides is 2. The number of alkyl halides is 3. The first kappa shape index (κ1) is 40.7. The van der Waals surface area contributed by atoms with E-state index in [1.165, 1.54) is 12.1 Å². The third kappa shape index (κ3) is 13.2. The lowest BCUT2D eigenvalue weighted by Gasteiger charge is -2.23. The molecule has 0 fully saturated rings. The van der Waals surface area contributed by atoms with Crippen LogP contribution in [0.1, 0.15) is 47.4 Å². The molecule has 0 aliphatic carbocycles. The summed E-state index contributed by atoms with van der Waals surface area (Å²) in [5, 5.41) is 39.5. The van der Waals surface area contributed by atoms with Gasteiger partial charge in [-0.15, -0.1) is 6.42 Å². The number of carboxylic acid groups (broad SMARTS) is 4. The van der Waals surface area contributed by atoms with E-state index < -0.39 is 66.8 Å². The predicted octanol–water partition coefficient (Wildman–Crippen LogP) is 1.90. The normalized spacial score (nSPS) is 11.9. The van der Waals surface area contributed by atoms with Crippen molar-refractivity contribution >= 4 is 52.3 Å². The lowest BCUT2D eigenvalue weighted by molar-refractivity contribution is -0.192. The Morgan fingerprint density at radius 3 is 2.02 bits per heavy atom. The number of rotatable bonds is 15. The van der Waals surface area contributed by atoms with Gasteiger partial charge >= 0.3 is 30.1 Å². The molecule has 0 radical (unpaired) electrons. The molecule has 19 heteroatoms. The van der Waals surface area contributed by atoms with Gasteiger partial charge in [0.1, 0.15) is 17.9 Å². The van der Waals surface area contributed by atoms with Crippen LogP contribution >= 0.6 is 0 Å². The molecule has 1 heterocycles. The fraction of sp³-hybridized carbons (Fsp3) is 0.312. The molecule has 7 N–H and O–H groups in total. The van der Waals surface area contributed by atoms with Crippen LogP contribution in [0.25, 0.3) is 10.9 Å². The van der Waals surface area contributed by atoms with E-state index in [-0.39, 0.29) is 30.5 Å². The Bertz CT molecular complexity index is 1870. The van der Waals surface area contributed by atoms with Gasteiger partial charge in [0.25, 0.3) is 11.5 Å². The second-order valence-corrected chi connectivity index (χ2v) is 10.7. The summed E-state index contributed by atoms with van der Waals surface area (Å²) in [4.78, 5) is 88.8. The molecule has 3 aromatic rings. The van der Waals surface area contributed by atoms with Gasteiger partial charge in [0.2, 0.25) is 5.91 Å². The van der Waals surface area contributed by atoms with E-state index in [2.05, 4.69) is 26.5 Å². The lowest BCUT2D eigenvalue weighted by Crippen LogP contribution is -2.44. The number of H-pyrrole nitrogens is 1. The SMILES string of the molecule is C#CCN(Cc1ccc2nc(C)[nH]c(=O)c2c1)c1ccc(C(=O)N[C@@H](CCC(=O)N[C@@H](CCC(=O)O)C(=O)O)C(=O)O)cc1.O=C(O)C(F)(F)F. The van der Waals surface area contributed by atoms with Gasteiger partial charge in [-0.2, -0.15) is 13.2 Å². The molecule has 0 aliphatic rings. The van der Waals surface area contributed by atoms with Crippen molar-refractivity contribution in [1.82, 2.24) is 20.6 Å². The third-order valence-corrected chi connectivity index (χ3v) is 6.82. The van der Waals surface area contributed by atoms with Crippen molar-refractivity contribution in [3.8, 4) is 12.3 Å². The first-order chi connectivity index (χ1) is 23.8. The minimum atomic E-state index is -5.08. The molecule has 51 heavy (non-hydrogen) atoms. The van der Waals surface area contributed by atoms with Crippen LogP contribution in [0.4, 0.5) is 18.9 Å². The number of aromatic amines is 1. The minimum absolute atomic E-state index is 0.142. The van der Waals surface area contributed by atoms with E-state index in [9.17, 15) is 52.2 Å². The fourth-order valence-corrected chi connectivity index (χ4v) is 4.36. The number of fused-ring (bicyclic) bond motifs is 1. The second-order valence-electron chi connectivity index (χ2n) is 10.7. The van der Waals surface area contributed by atoms with E-state index >= 15 is 0 Å². The summed E-state index contributed by atoms with van der Waals surface area (Å²) in [7, 11) is 0. The maximum absolute atomic E-state index is 12.8. The van der Waals surface area contributed by atoms with Gasteiger partial charge in [0.15, 0.2) is 0 Å². The number of nitrogens with zero attached hydrogens (tertiary/aromatic N) is 2. The minimum Gasteiger partial charge on any atom is -0.481 e. The Balaban J connectivity index is 0.00000116. The summed E-state index contributed by atoms with van der Waals surface area (Å²) in [5.74, 6) is -5.24. The second kappa shape index (κ2) is 18.4. The Morgan fingerprint density at radius 2 is 1.49 bits per heavy atom. The maximum atomic E-state index is 12.8. The molecule has 2 atom stereocenters. The largest absolute Gasteiger partial charge is 0.490 e. The number of hydrogen-bond donors (Lipinski definition) is 7. The first-order valence-corrected chi connectivity index (χ1v) is 14.7. The Hall–Kier alpha value is -6.45. The molecule has 0 spiro atoms. The number of carbonyl (C=O) groups excluding carboxylic acids is 2. The topological polar surface area (TPSA) is 256 Å². The van der Waals surface area contributed by atoms with Crippen LogP contribution in [0, 0.1) is 19.3 Å². The smallest absolute Gasteiger partial charge is 0.481 e. The molecule has 0 saturated heterocycles. The van der Waals surface area contributed by atoms with Crippen molar-refractivity contribution in [2.24, 2.45) is 0 Å². The molecule has 272 valence electrons. The van der Waals surface area contributed by atoms with Gasteiger partial charge < -0.3 is 40.9 Å². The zero-order chi connectivity index (χ0) is 38.5. The maximum Gasteiger partial charge on any atom is 0.490 e. The number of carboxylic acids is 4. The molecule has 0 saturated carbocycles. The molecule has 16 nitrogen and oxygen atoms in total. The number of terminal acetylenes is 1. The molecule has 0 bridgehead atoms. The van der Waals surface area contributed by atoms with Crippen LogP contribution in [0.2, 0.25) is 0 Å². The van der Waals surface area contributed by atoms with Crippen molar-refractivity contribution < 1.29 is 62.4 Å². The molecule has 3 rings (SSSR count). The fourth-order valence-electron chi connectivity index (χ4n) is 4.36. The van der Waals surface area contributed by atoms with Crippen molar-refractivity contribution in [3.63, 3.8) is 0 Å². The standard InChI is InChI=1S/C30H31N5O9.C2HF3O2/c1-3-14-35(16-18-4-9-22-21(15-18)28(40)32-17(2)31-22)20-7-5-19(6-8-20)27(39)34-24(30(43)44)10-12-25(36)33-23(29(41)42)11-13-26(37)38;3-2(4,5)1(6)7/h1,4-9,15,23-24H,10-14,16H2,2H3,(H,33,36)(H,34,39)(H,37,38)(H,41,42)(H,43,44)(H,31,32,40);(H,6,7)/t23-,24-;/m0./s1.